The standard InChI is InChI=1S/C31H28N4O/c1-21-14-15-28-26(20-21)29(23-9-3-2-4-10-23)34-31(33-28)35-18-16-24(17-19-35)30(36)32-27-13-7-11-22-8-5-6-12-25(22)27/h2-15,20,24H,16-19H2,1H3,(H,32,36). The predicted molar refractivity (Wildman–Crippen MR) is 147 cm³/mol. The Morgan fingerprint density at radius 3 is 2.42 bits per heavy atom. The van der Waals surface area contributed by atoms with Gasteiger partial charge in [-0.2, -0.15) is 0 Å². The Balaban J connectivity index is 1.22. The van der Waals surface area contributed by atoms with E-state index in [-0.39, 0.29) is 11.8 Å². The van der Waals surface area contributed by atoms with Crippen molar-refractivity contribution in [2.45, 2.75) is 19.8 Å². The third-order valence-corrected chi connectivity index (χ3v) is 7.08. The predicted octanol–water partition coefficient (Wildman–Crippen LogP) is 6.61. The van der Waals surface area contributed by atoms with E-state index in [0.717, 1.165) is 70.5 Å². The molecule has 4 aromatic carbocycles. The van der Waals surface area contributed by atoms with Gasteiger partial charge in [0.05, 0.1) is 11.2 Å². The van der Waals surface area contributed by atoms with Crippen LogP contribution in [0.4, 0.5) is 11.6 Å². The molecule has 1 N–H and O–H groups in total. The van der Waals surface area contributed by atoms with Gasteiger partial charge in [0.25, 0.3) is 0 Å². The fourth-order valence-electron chi connectivity index (χ4n) is 5.10. The molecule has 0 bridgehead atoms. The summed E-state index contributed by atoms with van der Waals surface area (Å²) in [5.74, 6) is 0.793. The molecule has 1 aromatic heterocycles. The molecule has 5 aromatic rings. The van der Waals surface area contributed by atoms with Gasteiger partial charge in [-0.1, -0.05) is 78.4 Å². The topological polar surface area (TPSA) is 58.1 Å². The molecular formula is C31H28N4O. The fourth-order valence-corrected chi connectivity index (χ4v) is 5.10. The number of anilines is 2. The molecule has 0 unspecified atom stereocenters. The van der Waals surface area contributed by atoms with Gasteiger partial charge in [-0.3, -0.25) is 4.79 Å². The van der Waals surface area contributed by atoms with E-state index in [0.29, 0.717) is 0 Å². The first-order valence-corrected chi connectivity index (χ1v) is 12.5. The number of fused-ring (bicyclic) bond motifs is 2. The van der Waals surface area contributed by atoms with Crippen molar-refractivity contribution in [3.8, 4) is 11.3 Å². The number of nitrogens with one attached hydrogen (secondary N) is 1. The van der Waals surface area contributed by atoms with E-state index < -0.39 is 0 Å². The van der Waals surface area contributed by atoms with Gasteiger partial charge in [0.15, 0.2) is 0 Å². The lowest BCUT2D eigenvalue weighted by Gasteiger charge is -2.31. The van der Waals surface area contributed by atoms with E-state index in [9.17, 15) is 4.79 Å². The second-order valence-corrected chi connectivity index (χ2v) is 9.54. The lowest BCUT2D eigenvalue weighted by atomic mass is 9.95. The molecule has 2 heterocycles. The molecule has 6 rings (SSSR count). The highest BCUT2D eigenvalue weighted by molar-refractivity contribution is 6.03. The number of carbonyl (C=O) groups excluding carboxylic acids is 1. The molecule has 178 valence electrons. The zero-order valence-electron chi connectivity index (χ0n) is 20.3. The first-order valence-electron chi connectivity index (χ1n) is 12.5. The van der Waals surface area contributed by atoms with Gasteiger partial charge in [-0.15, -0.1) is 0 Å². The number of rotatable bonds is 4. The third kappa shape index (κ3) is 4.29. The van der Waals surface area contributed by atoms with Crippen molar-refractivity contribution in [3.05, 3.63) is 96.6 Å². The van der Waals surface area contributed by atoms with Crippen LogP contribution >= 0.6 is 0 Å². The van der Waals surface area contributed by atoms with E-state index in [2.05, 4.69) is 65.7 Å². The van der Waals surface area contributed by atoms with Gasteiger partial charge in [0.2, 0.25) is 11.9 Å². The minimum absolute atomic E-state index is 0.0306. The summed E-state index contributed by atoms with van der Waals surface area (Å²) in [6, 6.07) is 30.8. The molecule has 1 amide bonds. The Kier molecular flexibility index (Phi) is 5.82. The number of piperidine rings is 1. The van der Waals surface area contributed by atoms with Crippen molar-refractivity contribution in [1.29, 1.82) is 0 Å². The molecule has 1 saturated heterocycles. The molecule has 0 atom stereocenters. The fraction of sp³-hybridized carbons (Fsp3) is 0.194. The number of hydrogen-bond donors (Lipinski definition) is 1. The second-order valence-electron chi connectivity index (χ2n) is 9.54. The molecule has 0 spiro atoms. The lowest BCUT2D eigenvalue weighted by Crippen LogP contribution is -2.39. The van der Waals surface area contributed by atoms with Crippen LogP contribution in [0.25, 0.3) is 32.9 Å². The van der Waals surface area contributed by atoms with Crippen LogP contribution in [0.5, 0.6) is 0 Å². The van der Waals surface area contributed by atoms with Crippen molar-refractivity contribution >= 4 is 39.2 Å². The van der Waals surface area contributed by atoms with E-state index in [1.807, 2.05) is 42.5 Å². The third-order valence-electron chi connectivity index (χ3n) is 7.08. The minimum Gasteiger partial charge on any atom is -0.341 e. The van der Waals surface area contributed by atoms with Crippen LogP contribution in [-0.4, -0.2) is 29.0 Å². The minimum atomic E-state index is -0.0306. The van der Waals surface area contributed by atoms with Gasteiger partial charge < -0.3 is 10.2 Å². The molecule has 5 nitrogen and oxygen atoms in total. The van der Waals surface area contributed by atoms with Crippen molar-refractivity contribution in [1.82, 2.24) is 9.97 Å². The highest BCUT2D eigenvalue weighted by Crippen LogP contribution is 2.31. The maximum atomic E-state index is 13.1. The molecule has 0 aliphatic carbocycles. The number of carbonyl (C=O) groups is 1. The summed E-state index contributed by atoms with van der Waals surface area (Å²) in [6.45, 7) is 3.59. The van der Waals surface area contributed by atoms with Crippen molar-refractivity contribution in [3.63, 3.8) is 0 Å². The molecule has 5 heteroatoms. The average molecular weight is 473 g/mol. The largest absolute Gasteiger partial charge is 0.341 e. The molecule has 1 aliphatic rings. The molecule has 1 aliphatic heterocycles. The Labute approximate surface area is 210 Å². The molecule has 0 radical (unpaired) electrons. The molecular weight excluding hydrogens is 444 g/mol. The number of nitrogens with zero attached hydrogens (tertiary/aromatic N) is 3. The van der Waals surface area contributed by atoms with E-state index in [1.54, 1.807) is 0 Å². The summed E-state index contributed by atoms with van der Waals surface area (Å²) in [4.78, 5) is 25.3. The number of amides is 1. The highest BCUT2D eigenvalue weighted by Gasteiger charge is 2.27. The number of benzene rings is 4. The summed E-state index contributed by atoms with van der Waals surface area (Å²) in [5, 5.41) is 6.44. The number of hydrogen-bond acceptors (Lipinski definition) is 4. The highest BCUT2D eigenvalue weighted by atomic mass is 16.1. The monoisotopic (exact) mass is 472 g/mol. The van der Waals surface area contributed by atoms with Crippen LogP contribution in [0.1, 0.15) is 18.4 Å². The Morgan fingerprint density at radius 1 is 0.833 bits per heavy atom. The van der Waals surface area contributed by atoms with E-state index in [1.165, 1.54) is 5.56 Å². The number of aromatic nitrogens is 2. The smallest absolute Gasteiger partial charge is 0.227 e. The van der Waals surface area contributed by atoms with Crippen molar-refractivity contribution in [2.75, 3.05) is 23.3 Å². The average Bonchev–Trinajstić information content (AvgIpc) is 2.93. The van der Waals surface area contributed by atoms with Gasteiger partial charge in [0.1, 0.15) is 0 Å². The summed E-state index contributed by atoms with van der Waals surface area (Å²) in [5.41, 5.74) is 5.05. The summed E-state index contributed by atoms with van der Waals surface area (Å²) >= 11 is 0. The van der Waals surface area contributed by atoms with Crippen LogP contribution in [0.15, 0.2) is 91.0 Å². The SMILES string of the molecule is Cc1ccc2nc(N3CCC(C(=O)Nc4cccc5ccccc45)CC3)nc(-c3ccccc3)c2c1. The normalized spacial score (nSPS) is 14.3. The maximum Gasteiger partial charge on any atom is 0.227 e. The van der Waals surface area contributed by atoms with Gasteiger partial charge in [-0.25, -0.2) is 9.97 Å². The Morgan fingerprint density at radius 2 is 1.58 bits per heavy atom. The molecule has 36 heavy (non-hydrogen) atoms. The summed E-state index contributed by atoms with van der Waals surface area (Å²) < 4.78 is 0. The van der Waals surface area contributed by atoms with Crippen LogP contribution in [-0.2, 0) is 4.79 Å². The van der Waals surface area contributed by atoms with Crippen LogP contribution in [0.2, 0.25) is 0 Å². The first kappa shape index (κ1) is 22.2. The Bertz CT molecular complexity index is 1550. The van der Waals surface area contributed by atoms with E-state index >= 15 is 0 Å². The van der Waals surface area contributed by atoms with Crippen LogP contribution in [0.3, 0.4) is 0 Å². The zero-order chi connectivity index (χ0) is 24.5. The number of aryl methyl sites for hydroxylation is 1. The molecule has 0 saturated carbocycles. The van der Waals surface area contributed by atoms with Crippen LogP contribution < -0.4 is 10.2 Å². The maximum absolute atomic E-state index is 13.1. The second kappa shape index (κ2) is 9.42. The van der Waals surface area contributed by atoms with Gasteiger partial charge in [0, 0.05) is 41.0 Å². The first-order chi connectivity index (χ1) is 17.7. The van der Waals surface area contributed by atoms with Crippen molar-refractivity contribution in [2.24, 2.45) is 5.92 Å². The summed E-state index contributed by atoms with van der Waals surface area (Å²) in [7, 11) is 0. The lowest BCUT2D eigenvalue weighted by molar-refractivity contribution is -0.120. The Hall–Kier alpha value is -4.25. The van der Waals surface area contributed by atoms with Gasteiger partial charge >= 0.3 is 0 Å². The quantitative estimate of drug-likeness (QED) is 0.320. The molecule has 1 fully saturated rings. The van der Waals surface area contributed by atoms with E-state index in [4.69, 9.17) is 9.97 Å². The van der Waals surface area contributed by atoms with Crippen LogP contribution in [0, 0.1) is 12.8 Å². The van der Waals surface area contributed by atoms with Gasteiger partial charge in [-0.05, 0) is 43.4 Å². The summed E-state index contributed by atoms with van der Waals surface area (Å²) in [6.07, 6.45) is 1.54. The zero-order valence-corrected chi connectivity index (χ0v) is 20.3. The van der Waals surface area contributed by atoms with Crippen molar-refractivity contribution < 1.29 is 4.79 Å².